The van der Waals surface area contributed by atoms with E-state index in [1.807, 2.05) is 0 Å². The van der Waals surface area contributed by atoms with Crippen LogP contribution in [0.25, 0.3) is 0 Å². The molecule has 0 unspecified atom stereocenters. The summed E-state index contributed by atoms with van der Waals surface area (Å²) in [6.07, 6.45) is -6.62. The Morgan fingerprint density at radius 1 is 1.25 bits per heavy atom. The van der Waals surface area contributed by atoms with Crippen molar-refractivity contribution in [1.29, 1.82) is 0 Å². The molecule has 1 fully saturated rings. The highest BCUT2D eigenvalue weighted by atomic mass is 16.7. The number of aliphatic hydroxyl groups is 4. The van der Waals surface area contributed by atoms with E-state index in [1.165, 1.54) is 6.92 Å². The van der Waals surface area contributed by atoms with Crippen molar-refractivity contribution in [2.45, 2.75) is 37.6 Å². The van der Waals surface area contributed by atoms with Crippen molar-refractivity contribution >= 4 is 5.78 Å². The highest BCUT2D eigenvalue weighted by Crippen LogP contribution is 2.21. The average molecular weight is 236 g/mol. The van der Waals surface area contributed by atoms with Gasteiger partial charge < -0.3 is 29.9 Å². The average Bonchev–Trinajstić information content (AvgIpc) is 2.25. The highest BCUT2D eigenvalue weighted by molar-refractivity contribution is 5.76. The zero-order chi connectivity index (χ0) is 12.3. The molecule has 1 rings (SSSR count). The maximum absolute atomic E-state index is 10.7. The van der Waals surface area contributed by atoms with Crippen LogP contribution in [-0.2, 0) is 14.3 Å². The van der Waals surface area contributed by atoms with Crippen LogP contribution in [0.15, 0.2) is 0 Å². The van der Waals surface area contributed by atoms with E-state index in [4.69, 9.17) is 14.6 Å². The molecule has 1 saturated heterocycles. The van der Waals surface area contributed by atoms with E-state index < -0.39 is 37.3 Å². The van der Waals surface area contributed by atoms with Crippen LogP contribution in [0.5, 0.6) is 0 Å². The second kappa shape index (κ2) is 5.67. The lowest BCUT2D eigenvalue weighted by atomic mass is 9.99. The summed E-state index contributed by atoms with van der Waals surface area (Å²) >= 11 is 0. The predicted octanol–water partition coefficient (Wildman–Crippen LogP) is -2.61. The number of carbonyl (C=O) groups excluding carboxylic acids is 1. The lowest BCUT2D eigenvalue weighted by Gasteiger charge is -2.39. The molecule has 7 heteroatoms. The molecule has 0 saturated carbocycles. The Morgan fingerprint density at radius 3 is 2.38 bits per heavy atom. The van der Waals surface area contributed by atoms with Crippen molar-refractivity contribution < 1.29 is 34.7 Å². The maximum Gasteiger partial charge on any atom is 0.187 e. The zero-order valence-electron chi connectivity index (χ0n) is 8.81. The third kappa shape index (κ3) is 2.97. The molecule has 1 aliphatic heterocycles. The number of hydrogen-bond acceptors (Lipinski definition) is 7. The number of rotatable bonds is 4. The van der Waals surface area contributed by atoms with E-state index >= 15 is 0 Å². The van der Waals surface area contributed by atoms with Gasteiger partial charge in [0.1, 0.15) is 31.0 Å². The van der Waals surface area contributed by atoms with Crippen LogP contribution >= 0.6 is 0 Å². The third-order valence-electron chi connectivity index (χ3n) is 2.30. The number of ketones is 1. The minimum absolute atomic E-state index is 0.267. The first-order valence-electron chi connectivity index (χ1n) is 4.89. The van der Waals surface area contributed by atoms with E-state index in [1.54, 1.807) is 0 Å². The number of aliphatic hydroxyl groups excluding tert-OH is 4. The monoisotopic (exact) mass is 236 g/mol. The van der Waals surface area contributed by atoms with Gasteiger partial charge in [0.2, 0.25) is 0 Å². The van der Waals surface area contributed by atoms with Crippen molar-refractivity contribution in [3.05, 3.63) is 0 Å². The second-order valence-corrected chi connectivity index (χ2v) is 3.71. The Hall–Kier alpha value is -0.570. The molecule has 0 aromatic heterocycles. The fourth-order valence-corrected chi connectivity index (χ4v) is 1.40. The molecular formula is C9H16O7. The number of ether oxygens (including phenoxy) is 2. The molecule has 4 N–H and O–H groups in total. The summed E-state index contributed by atoms with van der Waals surface area (Å²) < 4.78 is 9.90. The summed E-state index contributed by atoms with van der Waals surface area (Å²) in [7, 11) is 0. The van der Waals surface area contributed by atoms with Crippen molar-refractivity contribution in [1.82, 2.24) is 0 Å². The lowest BCUT2D eigenvalue weighted by molar-refractivity contribution is -0.299. The van der Waals surface area contributed by atoms with Gasteiger partial charge in [0, 0.05) is 0 Å². The summed E-state index contributed by atoms with van der Waals surface area (Å²) in [6, 6.07) is 0. The zero-order valence-corrected chi connectivity index (χ0v) is 8.81. The van der Waals surface area contributed by atoms with Gasteiger partial charge in [-0.25, -0.2) is 0 Å². The van der Waals surface area contributed by atoms with Gasteiger partial charge >= 0.3 is 0 Å². The van der Waals surface area contributed by atoms with Crippen molar-refractivity contribution in [3.63, 3.8) is 0 Å². The summed E-state index contributed by atoms with van der Waals surface area (Å²) in [6.45, 7) is 0.498. The van der Waals surface area contributed by atoms with Gasteiger partial charge in [0.05, 0.1) is 6.61 Å². The van der Waals surface area contributed by atoms with Crippen LogP contribution < -0.4 is 0 Å². The van der Waals surface area contributed by atoms with Gasteiger partial charge in [0.25, 0.3) is 0 Å². The standard InChI is InChI=1S/C9H16O7/c1-4(11)3-15-9-8(14)7(13)6(12)5(2-10)16-9/h5-10,12-14H,2-3H2,1H3/t5-,6-,7+,8-,9-/m1/s1. The first-order chi connectivity index (χ1) is 7.47. The summed E-state index contributed by atoms with van der Waals surface area (Å²) in [5.41, 5.74) is 0. The Bertz CT molecular complexity index is 242. The maximum atomic E-state index is 10.7. The molecule has 0 amide bonds. The summed E-state index contributed by atoms with van der Waals surface area (Å²) in [5, 5.41) is 37.2. The van der Waals surface area contributed by atoms with E-state index in [0.717, 1.165) is 0 Å². The minimum Gasteiger partial charge on any atom is -0.394 e. The van der Waals surface area contributed by atoms with Crippen molar-refractivity contribution in [2.24, 2.45) is 0 Å². The molecule has 0 spiro atoms. The largest absolute Gasteiger partial charge is 0.394 e. The molecule has 7 nitrogen and oxygen atoms in total. The predicted molar refractivity (Wildman–Crippen MR) is 50.4 cm³/mol. The normalized spacial score (nSPS) is 39.7. The van der Waals surface area contributed by atoms with Crippen LogP contribution in [0.4, 0.5) is 0 Å². The smallest absolute Gasteiger partial charge is 0.187 e. The quantitative estimate of drug-likeness (QED) is 0.422. The summed E-state index contributed by atoms with van der Waals surface area (Å²) in [4.78, 5) is 10.7. The Balaban J connectivity index is 2.60. The van der Waals surface area contributed by atoms with Crippen LogP contribution in [0.2, 0.25) is 0 Å². The Morgan fingerprint density at radius 2 is 1.88 bits per heavy atom. The van der Waals surface area contributed by atoms with E-state index in [0.29, 0.717) is 0 Å². The topological polar surface area (TPSA) is 116 Å². The van der Waals surface area contributed by atoms with Crippen molar-refractivity contribution in [3.8, 4) is 0 Å². The molecule has 16 heavy (non-hydrogen) atoms. The number of carbonyl (C=O) groups is 1. The van der Waals surface area contributed by atoms with E-state index in [9.17, 15) is 20.1 Å². The van der Waals surface area contributed by atoms with Crippen molar-refractivity contribution in [2.75, 3.05) is 13.2 Å². The molecule has 1 heterocycles. The first kappa shape index (κ1) is 13.5. The van der Waals surface area contributed by atoms with Gasteiger partial charge in [-0.05, 0) is 6.92 Å². The fourth-order valence-electron chi connectivity index (χ4n) is 1.40. The van der Waals surface area contributed by atoms with Crippen LogP contribution in [-0.4, -0.2) is 70.1 Å². The fraction of sp³-hybridized carbons (Fsp3) is 0.889. The molecule has 0 aromatic rings. The molecule has 94 valence electrons. The molecule has 0 radical (unpaired) electrons. The minimum atomic E-state index is -1.48. The molecule has 0 bridgehead atoms. The lowest BCUT2D eigenvalue weighted by Crippen LogP contribution is -2.59. The third-order valence-corrected chi connectivity index (χ3v) is 2.30. The van der Waals surface area contributed by atoms with E-state index in [2.05, 4.69) is 0 Å². The van der Waals surface area contributed by atoms with Crippen LogP contribution in [0.1, 0.15) is 6.92 Å². The second-order valence-electron chi connectivity index (χ2n) is 3.71. The van der Waals surface area contributed by atoms with Crippen LogP contribution in [0.3, 0.4) is 0 Å². The molecule has 0 aliphatic carbocycles. The summed E-state index contributed by atoms with van der Waals surface area (Å²) in [5.74, 6) is -0.267. The molecule has 1 aliphatic rings. The van der Waals surface area contributed by atoms with Gasteiger partial charge in [-0.2, -0.15) is 0 Å². The first-order valence-corrected chi connectivity index (χ1v) is 4.89. The van der Waals surface area contributed by atoms with E-state index in [-0.39, 0.29) is 12.4 Å². The SMILES string of the molecule is CC(=O)CO[C@@H]1O[C@H](CO)[C@@H](O)[C@H](O)[C@H]1O. The molecular weight excluding hydrogens is 220 g/mol. The van der Waals surface area contributed by atoms with Gasteiger partial charge in [-0.15, -0.1) is 0 Å². The molecule has 5 atom stereocenters. The van der Waals surface area contributed by atoms with Gasteiger partial charge in [-0.1, -0.05) is 0 Å². The number of Topliss-reactive ketones (excluding diaryl/α,β-unsaturated/α-hetero) is 1. The van der Waals surface area contributed by atoms with Gasteiger partial charge in [0.15, 0.2) is 12.1 Å². The molecule has 0 aromatic carbocycles. The highest BCUT2D eigenvalue weighted by Gasteiger charge is 2.43. The number of hydrogen-bond donors (Lipinski definition) is 4. The Labute approximate surface area is 92.2 Å². The van der Waals surface area contributed by atoms with Gasteiger partial charge in [-0.3, -0.25) is 4.79 Å². The Kier molecular flexibility index (Phi) is 4.78. The van der Waals surface area contributed by atoms with Crippen LogP contribution in [0, 0.1) is 0 Å².